The van der Waals surface area contributed by atoms with Crippen LogP contribution in [0.5, 0.6) is 11.5 Å². The molecule has 164 valence electrons. The van der Waals surface area contributed by atoms with Gasteiger partial charge in [0.2, 0.25) is 0 Å². The summed E-state index contributed by atoms with van der Waals surface area (Å²) in [5, 5.41) is 3.24. The molecule has 0 unspecified atom stereocenters. The monoisotopic (exact) mass is 420 g/mol. The Bertz CT molecular complexity index is 947. The van der Waals surface area contributed by atoms with Crippen LogP contribution in [0.2, 0.25) is 0 Å². The summed E-state index contributed by atoms with van der Waals surface area (Å²) in [5.74, 6) is 1.45. The Morgan fingerprint density at radius 2 is 1.84 bits per heavy atom. The summed E-state index contributed by atoms with van der Waals surface area (Å²) in [7, 11) is 1.66. The summed E-state index contributed by atoms with van der Waals surface area (Å²) in [6.07, 6.45) is 8.63. The van der Waals surface area contributed by atoms with Crippen LogP contribution in [-0.2, 0) is 13.1 Å². The number of amides is 2. The first-order valence-electron chi connectivity index (χ1n) is 11.1. The molecule has 2 aliphatic rings. The highest BCUT2D eigenvalue weighted by molar-refractivity contribution is 5.75. The minimum absolute atomic E-state index is 0.0135. The van der Waals surface area contributed by atoms with Crippen molar-refractivity contribution in [2.24, 2.45) is 0 Å². The first-order valence-corrected chi connectivity index (χ1v) is 11.1. The SMILES string of the molecule is COc1cc(CN(Cc2ccccc2)C(=O)NC2CCCC2)cc2c1OC(C)(C)C=C2. The number of carbonyl (C=O) groups is 1. The number of nitrogens with one attached hydrogen (secondary N) is 1. The summed E-state index contributed by atoms with van der Waals surface area (Å²) in [4.78, 5) is 15.1. The average molecular weight is 421 g/mol. The molecule has 0 bridgehead atoms. The second-order valence-electron chi connectivity index (χ2n) is 9.03. The molecular weight excluding hydrogens is 388 g/mol. The third kappa shape index (κ3) is 5.22. The molecule has 1 heterocycles. The smallest absolute Gasteiger partial charge is 0.318 e. The van der Waals surface area contributed by atoms with Crippen LogP contribution in [0.4, 0.5) is 4.79 Å². The van der Waals surface area contributed by atoms with Crippen molar-refractivity contribution in [3.63, 3.8) is 0 Å². The number of urea groups is 1. The molecule has 0 aromatic heterocycles. The van der Waals surface area contributed by atoms with Gasteiger partial charge < -0.3 is 19.7 Å². The van der Waals surface area contributed by atoms with Crippen molar-refractivity contribution in [1.82, 2.24) is 10.2 Å². The maximum absolute atomic E-state index is 13.2. The van der Waals surface area contributed by atoms with Crippen LogP contribution in [0.15, 0.2) is 48.5 Å². The fraction of sp³-hybridized carbons (Fsp3) is 0.423. The van der Waals surface area contributed by atoms with Gasteiger partial charge in [-0.15, -0.1) is 0 Å². The predicted molar refractivity (Wildman–Crippen MR) is 123 cm³/mol. The van der Waals surface area contributed by atoms with Crippen molar-refractivity contribution in [2.45, 2.75) is 64.3 Å². The number of benzene rings is 2. The van der Waals surface area contributed by atoms with E-state index in [1.807, 2.05) is 49.1 Å². The Kier molecular flexibility index (Phi) is 6.21. The first kappa shape index (κ1) is 21.3. The van der Waals surface area contributed by atoms with Gasteiger partial charge in [0.1, 0.15) is 5.60 Å². The standard InChI is InChI=1S/C26H32N2O3/c1-26(2)14-13-21-15-20(16-23(30-3)24(21)31-26)18-28(17-19-9-5-4-6-10-19)25(29)27-22-11-7-8-12-22/h4-6,9-10,13-16,22H,7-8,11-12,17-18H2,1-3H3,(H,27,29). The van der Waals surface area contributed by atoms with Crippen molar-refractivity contribution in [3.05, 3.63) is 65.2 Å². The zero-order valence-corrected chi connectivity index (χ0v) is 18.7. The number of hydrogen-bond donors (Lipinski definition) is 1. The molecular formula is C26H32N2O3. The van der Waals surface area contributed by atoms with E-state index in [4.69, 9.17) is 9.47 Å². The third-order valence-corrected chi connectivity index (χ3v) is 5.95. The molecule has 2 aromatic rings. The van der Waals surface area contributed by atoms with E-state index in [9.17, 15) is 4.79 Å². The van der Waals surface area contributed by atoms with E-state index in [-0.39, 0.29) is 17.7 Å². The molecule has 5 nitrogen and oxygen atoms in total. The van der Waals surface area contributed by atoms with E-state index in [1.54, 1.807) is 7.11 Å². The number of carbonyl (C=O) groups excluding carboxylic acids is 1. The van der Waals surface area contributed by atoms with E-state index in [0.29, 0.717) is 18.8 Å². The van der Waals surface area contributed by atoms with Crippen molar-refractivity contribution in [3.8, 4) is 11.5 Å². The quantitative estimate of drug-likeness (QED) is 0.668. The molecule has 1 aliphatic heterocycles. The Labute approximate surface area is 185 Å². The molecule has 31 heavy (non-hydrogen) atoms. The minimum Gasteiger partial charge on any atom is -0.493 e. The zero-order valence-electron chi connectivity index (χ0n) is 18.7. The summed E-state index contributed by atoms with van der Waals surface area (Å²) in [6.45, 7) is 5.09. The van der Waals surface area contributed by atoms with Crippen molar-refractivity contribution < 1.29 is 14.3 Å². The van der Waals surface area contributed by atoms with Crippen molar-refractivity contribution in [2.75, 3.05) is 7.11 Å². The van der Waals surface area contributed by atoms with Gasteiger partial charge >= 0.3 is 6.03 Å². The summed E-state index contributed by atoms with van der Waals surface area (Å²) >= 11 is 0. The molecule has 0 atom stereocenters. The molecule has 1 fully saturated rings. The maximum Gasteiger partial charge on any atom is 0.318 e. The van der Waals surface area contributed by atoms with Gasteiger partial charge in [-0.3, -0.25) is 0 Å². The lowest BCUT2D eigenvalue weighted by Crippen LogP contribution is -2.43. The summed E-state index contributed by atoms with van der Waals surface area (Å²) in [6, 6.07) is 14.5. The van der Waals surface area contributed by atoms with Gasteiger partial charge in [0, 0.05) is 24.7 Å². The molecule has 0 saturated heterocycles. The van der Waals surface area contributed by atoms with E-state index < -0.39 is 0 Å². The molecule has 0 spiro atoms. The van der Waals surface area contributed by atoms with Gasteiger partial charge in [-0.1, -0.05) is 49.2 Å². The lowest BCUT2D eigenvalue weighted by Gasteiger charge is -2.30. The second kappa shape index (κ2) is 9.04. The fourth-order valence-corrected chi connectivity index (χ4v) is 4.31. The van der Waals surface area contributed by atoms with Gasteiger partial charge in [-0.25, -0.2) is 4.79 Å². The minimum atomic E-state index is -0.373. The largest absolute Gasteiger partial charge is 0.493 e. The molecule has 1 aliphatic carbocycles. The van der Waals surface area contributed by atoms with Crippen LogP contribution in [0.3, 0.4) is 0 Å². The van der Waals surface area contributed by atoms with Gasteiger partial charge in [0.25, 0.3) is 0 Å². The molecule has 1 N–H and O–H groups in total. The maximum atomic E-state index is 13.2. The summed E-state index contributed by atoms with van der Waals surface area (Å²) < 4.78 is 11.8. The van der Waals surface area contributed by atoms with Gasteiger partial charge in [-0.05, 0) is 56.0 Å². The number of methoxy groups -OCH3 is 1. The predicted octanol–water partition coefficient (Wildman–Crippen LogP) is 5.53. The molecule has 5 heteroatoms. The molecule has 2 aromatic carbocycles. The van der Waals surface area contributed by atoms with Gasteiger partial charge in [0.05, 0.1) is 7.11 Å². The van der Waals surface area contributed by atoms with Crippen LogP contribution in [0.1, 0.15) is 56.2 Å². The van der Waals surface area contributed by atoms with E-state index in [1.165, 1.54) is 12.8 Å². The number of nitrogens with zero attached hydrogens (tertiary/aromatic N) is 1. The van der Waals surface area contributed by atoms with Crippen LogP contribution >= 0.6 is 0 Å². The molecule has 2 amide bonds. The third-order valence-electron chi connectivity index (χ3n) is 5.95. The fourth-order valence-electron chi connectivity index (χ4n) is 4.31. The number of fused-ring (bicyclic) bond motifs is 1. The lowest BCUT2D eigenvalue weighted by molar-refractivity contribution is 0.152. The Balaban J connectivity index is 1.59. The van der Waals surface area contributed by atoms with Crippen molar-refractivity contribution >= 4 is 12.1 Å². The number of hydrogen-bond acceptors (Lipinski definition) is 3. The lowest BCUT2D eigenvalue weighted by atomic mass is 10.00. The van der Waals surface area contributed by atoms with Crippen molar-refractivity contribution in [1.29, 1.82) is 0 Å². The first-order chi connectivity index (χ1) is 14.9. The zero-order chi connectivity index (χ0) is 21.8. The Hall–Kier alpha value is -2.95. The molecule has 0 radical (unpaired) electrons. The van der Waals surface area contributed by atoms with Crippen LogP contribution in [0.25, 0.3) is 6.08 Å². The number of ether oxygens (including phenoxy) is 2. The van der Waals surface area contributed by atoms with Gasteiger partial charge in [0.15, 0.2) is 11.5 Å². The summed E-state index contributed by atoms with van der Waals surface area (Å²) in [5.41, 5.74) is 2.73. The van der Waals surface area contributed by atoms with E-state index >= 15 is 0 Å². The van der Waals surface area contributed by atoms with E-state index in [0.717, 1.165) is 35.3 Å². The van der Waals surface area contributed by atoms with Gasteiger partial charge in [-0.2, -0.15) is 0 Å². The van der Waals surface area contributed by atoms with E-state index in [2.05, 4.69) is 29.6 Å². The molecule has 1 saturated carbocycles. The second-order valence-corrected chi connectivity index (χ2v) is 9.03. The molecule has 4 rings (SSSR count). The highest BCUT2D eigenvalue weighted by Gasteiger charge is 2.26. The van der Waals surface area contributed by atoms with Crippen LogP contribution in [-0.4, -0.2) is 29.7 Å². The van der Waals surface area contributed by atoms with Crippen LogP contribution < -0.4 is 14.8 Å². The Morgan fingerprint density at radius 1 is 1.13 bits per heavy atom. The van der Waals surface area contributed by atoms with Crippen LogP contribution in [0, 0.1) is 0 Å². The average Bonchev–Trinajstić information content (AvgIpc) is 3.26. The Morgan fingerprint density at radius 3 is 2.55 bits per heavy atom. The number of rotatable bonds is 6. The topological polar surface area (TPSA) is 50.8 Å². The highest BCUT2D eigenvalue weighted by atomic mass is 16.5. The highest BCUT2D eigenvalue weighted by Crippen LogP contribution is 2.40. The normalized spacial score (nSPS) is 17.0.